The average Bonchev–Trinajstić information content (AvgIpc) is 3.11. The van der Waals surface area contributed by atoms with E-state index in [1.54, 1.807) is 0 Å². The van der Waals surface area contributed by atoms with Crippen LogP contribution in [-0.4, -0.2) is 15.5 Å². The zero-order chi connectivity index (χ0) is 14.9. The minimum Gasteiger partial charge on any atom is -0.378 e. The number of hydrogen-bond acceptors (Lipinski definition) is 3. The van der Waals surface area contributed by atoms with E-state index in [-0.39, 0.29) is 11.9 Å². The van der Waals surface area contributed by atoms with Crippen molar-refractivity contribution in [1.82, 2.24) is 14.9 Å². The van der Waals surface area contributed by atoms with Crippen molar-refractivity contribution in [2.45, 2.75) is 44.3 Å². The number of carbonyl (C=O) groups excluding carboxylic acids is 1. The lowest BCUT2D eigenvalue weighted by Crippen LogP contribution is -2.18. The number of carbonyl (C=O) groups is 1. The van der Waals surface area contributed by atoms with Gasteiger partial charge in [0.15, 0.2) is 0 Å². The topological polar surface area (TPSA) is 59.0 Å². The molecule has 2 fully saturated rings. The van der Waals surface area contributed by atoms with E-state index >= 15 is 0 Å². The monoisotopic (exact) mass is 296 g/mol. The van der Waals surface area contributed by atoms with Crippen molar-refractivity contribution in [3.63, 3.8) is 0 Å². The van der Waals surface area contributed by atoms with Gasteiger partial charge in [-0.2, -0.15) is 0 Å². The Hall–Kier alpha value is -2.30. The van der Waals surface area contributed by atoms with Gasteiger partial charge in [-0.15, -0.1) is 0 Å². The molecule has 0 spiro atoms. The molecule has 2 aromatic rings. The van der Waals surface area contributed by atoms with Crippen molar-refractivity contribution in [3.05, 3.63) is 48.0 Å². The van der Waals surface area contributed by atoms with Gasteiger partial charge in [0.25, 0.3) is 0 Å². The molecule has 22 heavy (non-hydrogen) atoms. The number of nitrogens with zero attached hydrogens (tertiary/aromatic N) is 2. The van der Waals surface area contributed by atoms with Crippen LogP contribution in [0.2, 0.25) is 0 Å². The van der Waals surface area contributed by atoms with Gasteiger partial charge in [-0.25, -0.2) is 4.98 Å². The lowest BCUT2D eigenvalue weighted by Gasteiger charge is -2.13. The minimum atomic E-state index is 0.148. The molecule has 0 radical (unpaired) electrons. The summed E-state index contributed by atoms with van der Waals surface area (Å²) in [4.78, 5) is 15.8. The van der Waals surface area contributed by atoms with Gasteiger partial charge in [0.05, 0.1) is 12.6 Å². The van der Waals surface area contributed by atoms with Gasteiger partial charge in [0.2, 0.25) is 5.91 Å². The summed E-state index contributed by atoms with van der Waals surface area (Å²) in [7, 11) is 0. The van der Waals surface area contributed by atoms with E-state index in [4.69, 9.17) is 0 Å². The third-order valence-corrected chi connectivity index (χ3v) is 4.42. The van der Waals surface area contributed by atoms with Crippen LogP contribution in [0, 0.1) is 0 Å². The molecule has 1 aliphatic heterocycles. The smallest absolute Gasteiger partial charge is 0.220 e. The SMILES string of the molecule is O=C1CCC(c2cccc(NCc3nccn3C3CC3)c2)N1. The molecule has 1 aliphatic carbocycles. The van der Waals surface area contributed by atoms with Crippen molar-refractivity contribution in [3.8, 4) is 0 Å². The Bertz CT molecular complexity index is 689. The number of imidazole rings is 1. The molecule has 2 heterocycles. The summed E-state index contributed by atoms with van der Waals surface area (Å²) in [6.45, 7) is 0.726. The van der Waals surface area contributed by atoms with Crippen LogP contribution in [0.4, 0.5) is 5.69 Å². The first-order valence-corrected chi connectivity index (χ1v) is 7.94. The first-order valence-electron chi connectivity index (χ1n) is 7.94. The number of hydrogen-bond donors (Lipinski definition) is 2. The van der Waals surface area contributed by atoms with E-state index in [1.165, 1.54) is 18.4 Å². The molecule has 1 unspecified atom stereocenters. The molecule has 114 valence electrons. The Labute approximate surface area is 129 Å². The summed E-state index contributed by atoms with van der Waals surface area (Å²) in [5, 5.41) is 6.47. The number of amides is 1. The van der Waals surface area contributed by atoms with E-state index in [0.717, 1.165) is 24.5 Å². The van der Waals surface area contributed by atoms with E-state index in [9.17, 15) is 4.79 Å². The molecule has 2 N–H and O–H groups in total. The largest absolute Gasteiger partial charge is 0.378 e. The van der Waals surface area contributed by atoms with Gasteiger partial charge in [0, 0.05) is 30.5 Å². The van der Waals surface area contributed by atoms with Crippen LogP contribution >= 0.6 is 0 Å². The fourth-order valence-corrected chi connectivity index (χ4v) is 3.08. The molecule has 1 saturated heterocycles. The number of rotatable bonds is 5. The molecule has 5 nitrogen and oxygen atoms in total. The van der Waals surface area contributed by atoms with Gasteiger partial charge >= 0.3 is 0 Å². The van der Waals surface area contributed by atoms with Gasteiger partial charge in [-0.3, -0.25) is 4.79 Å². The number of nitrogens with one attached hydrogen (secondary N) is 2. The average molecular weight is 296 g/mol. The normalized spacial score (nSPS) is 20.9. The predicted molar refractivity (Wildman–Crippen MR) is 84.4 cm³/mol. The number of benzene rings is 1. The lowest BCUT2D eigenvalue weighted by atomic mass is 10.0. The maximum absolute atomic E-state index is 11.4. The Morgan fingerprint density at radius 3 is 3.00 bits per heavy atom. The van der Waals surface area contributed by atoms with Gasteiger partial charge in [0.1, 0.15) is 5.82 Å². The maximum atomic E-state index is 11.4. The van der Waals surface area contributed by atoms with Crippen LogP contribution in [0.15, 0.2) is 36.7 Å². The van der Waals surface area contributed by atoms with Gasteiger partial charge < -0.3 is 15.2 Å². The number of aromatic nitrogens is 2. The highest BCUT2D eigenvalue weighted by atomic mass is 16.1. The van der Waals surface area contributed by atoms with Crippen LogP contribution in [0.25, 0.3) is 0 Å². The summed E-state index contributed by atoms with van der Waals surface area (Å²) < 4.78 is 2.27. The first-order chi connectivity index (χ1) is 10.8. The van der Waals surface area contributed by atoms with Gasteiger partial charge in [-0.05, 0) is 37.0 Å². The summed E-state index contributed by atoms with van der Waals surface area (Å²) in [5.41, 5.74) is 2.24. The molecular weight excluding hydrogens is 276 g/mol. The summed E-state index contributed by atoms with van der Waals surface area (Å²) in [6, 6.07) is 9.11. The second-order valence-electron chi connectivity index (χ2n) is 6.12. The summed E-state index contributed by atoms with van der Waals surface area (Å²) in [5.74, 6) is 1.23. The zero-order valence-corrected chi connectivity index (χ0v) is 12.5. The van der Waals surface area contributed by atoms with Crippen molar-refractivity contribution in [2.24, 2.45) is 0 Å². The molecule has 5 heteroatoms. The minimum absolute atomic E-state index is 0.148. The highest BCUT2D eigenvalue weighted by molar-refractivity contribution is 5.78. The summed E-state index contributed by atoms with van der Waals surface area (Å²) >= 11 is 0. The summed E-state index contributed by atoms with van der Waals surface area (Å²) in [6.07, 6.45) is 7.98. The quantitative estimate of drug-likeness (QED) is 0.892. The molecule has 0 bridgehead atoms. The molecule has 4 rings (SSSR count). The fraction of sp³-hybridized carbons (Fsp3) is 0.412. The lowest BCUT2D eigenvalue weighted by molar-refractivity contribution is -0.119. The van der Waals surface area contributed by atoms with E-state index in [0.29, 0.717) is 12.5 Å². The van der Waals surface area contributed by atoms with Crippen LogP contribution in [-0.2, 0) is 11.3 Å². The fourth-order valence-electron chi connectivity index (χ4n) is 3.08. The molecule has 1 amide bonds. The standard InChI is InChI=1S/C17H20N4O/c22-17-7-6-15(20-17)12-2-1-3-13(10-12)19-11-16-18-8-9-21(16)14-4-5-14/h1-3,8-10,14-15,19H,4-7,11H2,(H,20,22). The third-order valence-electron chi connectivity index (χ3n) is 4.42. The van der Waals surface area contributed by atoms with Crippen molar-refractivity contribution < 1.29 is 4.79 Å². The molecule has 1 aromatic carbocycles. The molecule has 2 aliphatic rings. The highest BCUT2D eigenvalue weighted by Crippen LogP contribution is 2.35. The first kappa shape index (κ1) is 13.4. The Morgan fingerprint density at radius 1 is 1.32 bits per heavy atom. The maximum Gasteiger partial charge on any atom is 0.220 e. The molecule has 1 aromatic heterocycles. The van der Waals surface area contributed by atoms with Gasteiger partial charge in [-0.1, -0.05) is 12.1 Å². The zero-order valence-electron chi connectivity index (χ0n) is 12.5. The Balaban J connectivity index is 1.44. The van der Waals surface area contributed by atoms with E-state index in [2.05, 4.69) is 44.6 Å². The van der Waals surface area contributed by atoms with E-state index < -0.39 is 0 Å². The Kier molecular flexibility index (Phi) is 3.33. The Morgan fingerprint density at radius 2 is 2.23 bits per heavy atom. The van der Waals surface area contributed by atoms with Crippen LogP contribution in [0.3, 0.4) is 0 Å². The molecular formula is C17H20N4O. The second kappa shape index (κ2) is 5.48. The highest BCUT2D eigenvalue weighted by Gasteiger charge is 2.25. The van der Waals surface area contributed by atoms with E-state index in [1.807, 2.05) is 12.3 Å². The molecule has 1 saturated carbocycles. The molecule has 1 atom stereocenters. The predicted octanol–water partition coefficient (Wildman–Crippen LogP) is 2.78. The van der Waals surface area contributed by atoms with Crippen molar-refractivity contribution in [1.29, 1.82) is 0 Å². The second-order valence-corrected chi connectivity index (χ2v) is 6.12. The van der Waals surface area contributed by atoms with Crippen LogP contribution < -0.4 is 10.6 Å². The van der Waals surface area contributed by atoms with Crippen LogP contribution in [0.1, 0.15) is 49.2 Å². The number of anilines is 1. The van der Waals surface area contributed by atoms with Crippen molar-refractivity contribution in [2.75, 3.05) is 5.32 Å². The van der Waals surface area contributed by atoms with Crippen molar-refractivity contribution >= 4 is 11.6 Å². The van der Waals surface area contributed by atoms with Crippen LogP contribution in [0.5, 0.6) is 0 Å². The third kappa shape index (κ3) is 2.71.